The average Bonchev–Trinajstić information content (AvgIpc) is 2.79. The number of guanidine groups is 1. The van der Waals surface area contributed by atoms with Gasteiger partial charge in [0.05, 0.1) is 11.4 Å². The van der Waals surface area contributed by atoms with E-state index in [1.807, 2.05) is 44.9 Å². The molecule has 8 heteroatoms. The second-order valence-electron chi connectivity index (χ2n) is 6.44. The average molecular weight is 452 g/mol. The van der Waals surface area contributed by atoms with Crippen molar-refractivity contribution >= 4 is 40.0 Å². The van der Waals surface area contributed by atoms with Crippen molar-refractivity contribution in [1.29, 1.82) is 0 Å². The first kappa shape index (κ1) is 20.2. The summed E-state index contributed by atoms with van der Waals surface area (Å²) >= 11 is 0. The third-order valence-electron chi connectivity index (χ3n) is 3.20. The van der Waals surface area contributed by atoms with Crippen molar-refractivity contribution in [3.05, 3.63) is 29.8 Å². The summed E-state index contributed by atoms with van der Waals surface area (Å²) in [5, 5.41) is 3.21. The summed E-state index contributed by atoms with van der Waals surface area (Å²) in [5.74, 6) is 0.802. The van der Waals surface area contributed by atoms with E-state index in [1.54, 1.807) is 12.1 Å². The van der Waals surface area contributed by atoms with Crippen molar-refractivity contribution in [2.45, 2.75) is 37.8 Å². The molecule has 2 rings (SSSR count). The number of aliphatic imine (C=N–C) groups is 1. The minimum atomic E-state index is -3.55. The molecule has 0 radical (unpaired) electrons. The Morgan fingerprint density at radius 1 is 1.26 bits per heavy atom. The summed E-state index contributed by atoms with van der Waals surface area (Å²) in [7, 11) is -1.59. The first-order valence-corrected chi connectivity index (χ1v) is 8.79. The molecule has 0 atom stereocenters. The van der Waals surface area contributed by atoms with Crippen molar-refractivity contribution in [2.24, 2.45) is 4.99 Å². The minimum absolute atomic E-state index is 0. The summed E-state index contributed by atoms with van der Waals surface area (Å²) < 4.78 is 27.8. The molecule has 23 heavy (non-hydrogen) atoms. The number of nitrogens with one attached hydrogen (secondary N) is 2. The molecule has 1 heterocycles. The Kier molecular flexibility index (Phi) is 6.84. The first-order valence-electron chi connectivity index (χ1n) is 7.30. The van der Waals surface area contributed by atoms with Crippen molar-refractivity contribution < 1.29 is 8.42 Å². The van der Waals surface area contributed by atoms with Gasteiger partial charge in [0.15, 0.2) is 5.96 Å². The van der Waals surface area contributed by atoms with Gasteiger partial charge in [-0.1, -0.05) is 18.2 Å². The van der Waals surface area contributed by atoms with Gasteiger partial charge < -0.3 is 10.2 Å². The number of halogens is 1. The summed E-state index contributed by atoms with van der Waals surface area (Å²) in [5.41, 5.74) is 0.206. The van der Waals surface area contributed by atoms with Gasteiger partial charge in [-0.05, 0) is 32.4 Å². The molecule has 0 aromatic heterocycles. The fourth-order valence-electron chi connectivity index (χ4n) is 2.27. The lowest BCUT2D eigenvalue weighted by molar-refractivity contribution is 0.490. The normalized spacial score (nSPS) is 15.1. The van der Waals surface area contributed by atoms with Gasteiger partial charge in [0.1, 0.15) is 0 Å². The third kappa shape index (κ3) is 5.61. The fourth-order valence-corrected chi connectivity index (χ4v) is 3.93. The molecule has 0 fully saturated rings. The van der Waals surface area contributed by atoms with E-state index >= 15 is 0 Å². The molecule has 0 aliphatic carbocycles. The molecule has 1 aliphatic rings. The molecule has 1 aromatic carbocycles. The Labute approximate surface area is 155 Å². The van der Waals surface area contributed by atoms with Crippen molar-refractivity contribution in [1.82, 2.24) is 14.9 Å². The number of sulfonamides is 1. The zero-order valence-corrected chi connectivity index (χ0v) is 17.1. The van der Waals surface area contributed by atoms with Crippen molar-refractivity contribution in [3.63, 3.8) is 0 Å². The molecular weight excluding hydrogens is 427 g/mol. The number of rotatable bonds is 4. The Morgan fingerprint density at radius 3 is 2.48 bits per heavy atom. The Morgan fingerprint density at radius 2 is 1.91 bits per heavy atom. The van der Waals surface area contributed by atoms with Gasteiger partial charge in [-0.25, -0.2) is 13.1 Å². The number of hydrogen-bond donors (Lipinski definition) is 2. The van der Waals surface area contributed by atoms with Crippen LogP contribution in [-0.2, 0) is 16.6 Å². The monoisotopic (exact) mass is 452 g/mol. The Hall–Kier alpha value is -0.870. The number of benzene rings is 1. The van der Waals surface area contributed by atoms with Gasteiger partial charge in [-0.15, -0.1) is 24.0 Å². The Balaban J connectivity index is 0.00000264. The zero-order chi connectivity index (χ0) is 16.4. The standard InChI is InChI=1S/C15H24N4O2S.HI/c1-15(2,3)18-22(20,21)13-8-6-5-7-12(13)11-17-14-16-9-10-19(14)4;/h5-8,18H,9-11H2,1-4H3,(H,16,17);1H. The van der Waals surface area contributed by atoms with Crippen LogP contribution >= 0.6 is 24.0 Å². The van der Waals surface area contributed by atoms with Gasteiger partial charge in [0, 0.05) is 25.7 Å². The minimum Gasteiger partial charge on any atom is -0.352 e. The van der Waals surface area contributed by atoms with Crippen LogP contribution in [0.2, 0.25) is 0 Å². The SMILES string of the molecule is CN1CCN=C1NCc1ccccc1S(=O)(=O)NC(C)(C)C.I. The highest BCUT2D eigenvalue weighted by Crippen LogP contribution is 2.17. The molecule has 1 aromatic rings. The van der Waals surface area contributed by atoms with Gasteiger partial charge in [0.25, 0.3) is 0 Å². The van der Waals surface area contributed by atoms with Crippen molar-refractivity contribution in [3.8, 4) is 0 Å². The second-order valence-corrected chi connectivity index (χ2v) is 8.09. The van der Waals surface area contributed by atoms with Crippen molar-refractivity contribution in [2.75, 3.05) is 20.1 Å². The second kappa shape index (κ2) is 7.80. The van der Waals surface area contributed by atoms with Gasteiger partial charge in [-0.3, -0.25) is 4.99 Å². The molecule has 0 saturated heterocycles. The molecule has 0 unspecified atom stereocenters. The maximum absolute atomic E-state index is 12.5. The van der Waals surface area contributed by atoms with E-state index < -0.39 is 15.6 Å². The van der Waals surface area contributed by atoms with E-state index in [9.17, 15) is 8.42 Å². The topological polar surface area (TPSA) is 73.8 Å². The molecule has 0 bridgehead atoms. The molecule has 1 aliphatic heterocycles. The first-order chi connectivity index (χ1) is 10.2. The quantitative estimate of drug-likeness (QED) is 0.684. The molecule has 0 amide bonds. The molecule has 0 saturated carbocycles. The van der Waals surface area contributed by atoms with Gasteiger partial charge >= 0.3 is 0 Å². The lowest BCUT2D eigenvalue weighted by Gasteiger charge is -2.22. The van der Waals surface area contributed by atoms with E-state index in [1.165, 1.54) is 0 Å². The molecule has 6 nitrogen and oxygen atoms in total. The summed E-state index contributed by atoms with van der Waals surface area (Å²) in [6, 6.07) is 7.03. The molecule has 0 spiro atoms. The van der Waals surface area contributed by atoms with E-state index in [0.717, 1.165) is 24.6 Å². The van der Waals surface area contributed by atoms with Crippen LogP contribution in [0.25, 0.3) is 0 Å². The van der Waals surface area contributed by atoms with Crippen LogP contribution in [0, 0.1) is 0 Å². The van der Waals surface area contributed by atoms with E-state index in [-0.39, 0.29) is 24.0 Å². The summed E-state index contributed by atoms with van der Waals surface area (Å²) in [6.07, 6.45) is 0. The van der Waals surface area contributed by atoms with E-state index in [4.69, 9.17) is 0 Å². The lowest BCUT2D eigenvalue weighted by Crippen LogP contribution is -2.41. The fraction of sp³-hybridized carbons (Fsp3) is 0.533. The maximum atomic E-state index is 12.5. The largest absolute Gasteiger partial charge is 0.352 e. The number of likely N-dealkylation sites (N-methyl/N-ethyl adjacent to an activating group) is 1. The smallest absolute Gasteiger partial charge is 0.241 e. The van der Waals surface area contributed by atoms with Gasteiger partial charge in [0.2, 0.25) is 10.0 Å². The highest BCUT2D eigenvalue weighted by Gasteiger charge is 2.24. The van der Waals surface area contributed by atoms with E-state index in [2.05, 4.69) is 15.0 Å². The van der Waals surface area contributed by atoms with Crippen LogP contribution < -0.4 is 10.0 Å². The lowest BCUT2D eigenvalue weighted by atomic mass is 10.1. The summed E-state index contributed by atoms with van der Waals surface area (Å²) in [6.45, 7) is 7.55. The van der Waals surface area contributed by atoms with Crippen LogP contribution in [0.15, 0.2) is 34.2 Å². The van der Waals surface area contributed by atoms with Crippen LogP contribution in [-0.4, -0.2) is 45.0 Å². The highest BCUT2D eigenvalue weighted by atomic mass is 127. The number of nitrogens with zero attached hydrogens (tertiary/aromatic N) is 2. The predicted octanol–water partition coefficient (Wildman–Crippen LogP) is 1.77. The zero-order valence-electron chi connectivity index (χ0n) is 14.0. The Bertz CT molecular complexity index is 668. The third-order valence-corrected chi connectivity index (χ3v) is 5.06. The van der Waals surface area contributed by atoms with Gasteiger partial charge in [-0.2, -0.15) is 0 Å². The highest BCUT2D eigenvalue weighted by molar-refractivity contribution is 14.0. The van der Waals surface area contributed by atoms with Crippen LogP contribution in [0.1, 0.15) is 26.3 Å². The van der Waals surface area contributed by atoms with Crippen LogP contribution in [0.5, 0.6) is 0 Å². The molecule has 130 valence electrons. The predicted molar refractivity (Wildman–Crippen MR) is 104 cm³/mol. The molecule has 2 N–H and O–H groups in total. The van der Waals surface area contributed by atoms with Crippen LogP contribution in [0.4, 0.5) is 0 Å². The number of hydrogen-bond acceptors (Lipinski definition) is 5. The van der Waals surface area contributed by atoms with E-state index in [0.29, 0.717) is 11.4 Å². The maximum Gasteiger partial charge on any atom is 0.241 e. The van der Waals surface area contributed by atoms with Crippen LogP contribution in [0.3, 0.4) is 0 Å². The summed E-state index contributed by atoms with van der Waals surface area (Å²) in [4.78, 5) is 6.67. The molecular formula is C15H25IN4O2S.